The number of halogens is 1. The molecule has 1 fully saturated rings. The molecular formula is C21H26ClN3O3S. The Bertz CT molecular complexity index is 954. The van der Waals surface area contributed by atoms with Gasteiger partial charge in [-0.1, -0.05) is 30.5 Å². The van der Waals surface area contributed by atoms with Crippen LogP contribution in [-0.4, -0.2) is 38.3 Å². The van der Waals surface area contributed by atoms with Crippen molar-refractivity contribution in [3.05, 3.63) is 53.1 Å². The van der Waals surface area contributed by atoms with Gasteiger partial charge in [0.25, 0.3) is 0 Å². The number of amides is 1. The van der Waals surface area contributed by atoms with Crippen LogP contribution in [0.15, 0.2) is 47.4 Å². The lowest BCUT2D eigenvalue weighted by Gasteiger charge is -2.20. The van der Waals surface area contributed by atoms with Gasteiger partial charge >= 0.3 is 0 Å². The molecule has 1 saturated heterocycles. The van der Waals surface area contributed by atoms with Crippen molar-refractivity contribution in [3.8, 4) is 0 Å². The van der Waals surface area contributed by atoms with Gasteiger partial charge in [0.2, 0.25) is 15.9 Å². The predicted octanol–water partition coefficient (Wildman–Crippen LogP) is 4.26. The highest BCUT2D eigenvalue weighted by Gasteiger charge is 2.24. The summed E-state index contributed by atoms with van der Waals surface area (Å²) in [6.07, 6.45) is 3.96. The molecule has 8 heteroatoms. The third-order valence-corrected chi connectivity index (χ3v) is 7.37. The third kappa shape index (κ3) is 5.50. The standard InChI is InChI=1S/C21H26ClN3O3S/c1-16-19(22)7-6-8-20(16)24-21(26)15-23-17-9-11-18(12-10-17)29(27,28)25-13-4-2-3-5-14-25/h6-12,23H,2-5,13-15H2,1H3,(H,24,26). The molecule has 2 aromatic carbocycles. The summed E-state index contributed by atoms with van der Waals surface area (Å²) in [4.78, 5) is 12.5. The first kappa shape index (κ1) is 21.6. The lowest BCUT2D eigenvalue weighted by molar-refractivity contribution is -0.114. The van der Waals surface area contributed by atoms with Crippen LogP contribution in [0.3, 0.4) is 0 Å². The molecule has 0 aliphatic carbocycles. The first-order chi connectivity index (χ1) is 13.9. The van der Waals surface area contributed by atoms with E-state index in [9.17, 15) is 13.2 Å². The van der Waals surface area contributed by atoms with E-state index in [4.69, 9.17) is 11.6 Å². The van der Waals surface area contributed by atoms with Crippen LogP contribution in [0.1, 0.15) is 31.2 Å². The monoisotopic (exact) mass is 435 g/mol. The number of rotatable bonds is 6. The molecule has 0 radical (unpaired) electrons. The highest BCUT2D eigenvalue weighted by Crippen LogP contribution is 2.23. The molecule has 1 aliphatic heterocycles. The lowest BCUT2D eigenvalue weighted by atomic mass is 10.2. The Labute approximate surface area is 177 Å². The van der Waals surface area contributed by atoms with Crippen molar-refractivity contribution in [3.63, 3.8) is 0 Å². The van der Waals surface area contributed by atoms with Gasteiger partial charge in [0.15, 0.2) is 0 Å². The molecule has 3 rings (SSSR count). The van der Waals surface area contributed by atoms with E-state index in [1.54, 1.807) is 46.8 Å². The van der Waals surface area contributed by atoms with E-state index in [0.29, 0.717) is 29.5 Å². The van der Waals surface area contributed by atoms with Gasteiger partial charge in [0.05, 0.1) is 11.4 Å². The quantitative estimate of drug-likeness (QED) is 0.710. The fourth-order valence-electron chi connectivity index (χ4n) is 3.30. The van der Waals surface area contributed by atoms with E-state index >= 15 is 0 Å². The van der Waals surface area contributed by atoms with Crippen molar-refractivity contribution in [1.29, 1.82) is 0 Å². The highest BCUT2D eigenvalue weighted by molar-refractivity contribution is 7.89. The molecular weight excluding hydrogens is 410 g/mol. The summed E-state index contributed by atoms with van der Waals surface area (Å²) >= 11 is 6.07. The normalized spacial score (nSPS) is 15.5. The minimum atomic E-state index is -3.47. The van der Waals surface area contributed by atoms with Crippen molar-refractivity contribution < 1.29 is 13.2 Å². The number of carbonyl (C=O) groups excluding carboxylic acids is 1. The van der Waals surface area contributed by atoms with Gasteiger partial charge in [-0.25, -0.2) is 8.42 Å². The number of nitrogens with zero attached hydrogens (tertiary/aromatic N) is 1. The average molecular weight is 436 g/mol. The number of sulfonamides is 1. The van der Waals surface area contributed by atoms with Crippen LogP contribution >= 0.6 is 11.6 Å². The summed E-state index contributed by atoms with van der Waals surface area (Å²) in [6, 6.07) is 11.9. The third-order valence-electron chi connectivity index (χ3n) is 5.05. The topological polar surface area (TPSA) is 78.5 Å². The Hall–Kier alpha value is -2.09. The molecule has 1 aliphatic rings. The average Bonchev–Trinajstić information content (AvgIpc) is 3.00. The summed E-state index contributed by atoms with van der Waals surface area (Å²) in [7, 11) is -3.47. The maximum absolute atomic E-state index is 12.8. The first-order valence-corrected chi connectivity index (χ1v) is 11.6. The Balaban J connectivity index is 1.59. The van der Waals surface area contributed by atoms with Gasteiger partial charge in [0.1, 0.15) is 0 Å². The molecule has 2 aromatic rings. The fraction of sp³-hybridized carbons (Fsp3) is 0.381. The zero-order valence-corrected chi connectivity index (χ0v) is 18.0. The van der Waals surface area contributed by atoms with Gasteiger partial charge in [-0.05, 0) is 61.7 Å². The summed E-state index contributed by atoms with van der Waals surface area (Å²) in [6.45, 7) is 3.05. The van der Waals surface area contributed by atoms with Crippen LogP contribution in [-0.2, 0) is 14.8 Å². The van der Waals surface area contributed by atoms with Crippen molar-refractivity contribution in [2.24, 2.45) is 0 Å². The SMILES string of the molecule is Cc1c(Cl)cccc1NC(=O)CNc1ccc(S(=O)(=O)N2CCCCCC2)cc1. The molecule has 0 spiro atoms. The zero-order chi connectivity index (χ0) is 20.9. The van der Waals surface area contributed by atoms with Gasteiger partial charge in [0, 0.05) is 29.5 Å². The fourth-order valence-corrected chi connectivity index (χ4v) is 4.99. The molecule has 156 valence electrons. The van der Waals surface area contributed by atoms with E-state index in [0.717, 1.165) is 31.2 Å². The summed E-state index contributed by atoms with van der Waals surface area (Å²) in [5.41, 5.74) is 2.16. The predicted molar refractivity (Wildman–Crippen MR) is 117 cm³/mol. The minimum absolute atomic E-state index is 0.0597. The Kier molecular flexibility index (Phi) is 7.16. The van der Waals surface area contributed by atoms with E-state index < -0.39 is 10.0 Å². The lowest BCUT2D eigenvalue weighted by Crippen LogP contribution is -2.31. The second-order valence-corrected chi connectivity index (χ2v) is 9.50. The Morgan fingerprint density at radius 1 is 1.03 bits per heavy atom. The first-order valence-electron chi connectivity index (χ1n) is 9.77. The van der Waals surface area contributed by atoms with Crippen LogP contribution in [0.25, 0.3) is 0 Å². The summed E-state index contributed by atoms with van der Waals surface area (Å²) < 4.78 is 27.2. The maximum Gasteiger partial charge on any atom is 0.243 e. The van der Waals surface area contributed by atoms with Crippen molar-refractivity contribution >= 4 is 38.9 Å². The molecule has 0 bridgehead atoms. The zero-order valence-electron chi connectivity index (χ0n) is 16.4. The number of carbonyl (C=O) groups is 1. The molecule has 6 nitrogen and oxygen atoms in total. The van der Waals surface area contributed by atoms with Gasteiger partial charge in [-0.3, -0.25) is 4.79 Å². The second-order valence-electron chi connectivity index (χ2n) is 7.16. The molecule has 0 unspecified atom stereocenters. The van der Waals surface area contributed by atoms with E-state index in [-0.39, 0.29) is 17.3 Å². The highest BCUT2D eigenvalue weighted by atomic mass is 35.5. The smallest absolute Gasteiger partial charge is 0.243 e. The molecule has 1 amide bonds. The van der Waals surface area contributed by atoms with Gasteiger partial charge in [-0.15, -0.1) is 0 Å². The van der Waals surface area contributed by atoms with Crippen molar-refractivity contribution in [1.82, 2.24) is 4.31 Å². The van der Waals surface area contributed by atoms with Crippen LogP contribution < -0.4 is 10.6 Å². The van der Waals surface area contributed by atoms with Crippen molar-refractivity contribution in [2.75, 3.05) is 30.3 Å². The molecule has 2 N–H and O–H groups in total. The summed E-state index contributed by atoms with van der Waals surface area (Å²) in [5, 5.41) is 6.43. The number of hydrogen-bond donors (Lipinski definition) is 2. The summed E-state index contributed by atoms with van der Waals surface area (Å²) in [5.74, 6) is -0.211. The minimum Gasteiger partial charge on any atom is -0.376 e. The van der Waals surface area contributed by atoms with Crippen molar-refractivity contribution in [2.45, 2.75) is 37.5 Å². The largest absolute Gasteiger partial charge is 0.376 e. The molecule has 0 saturated carbocycles. The molecule has 0 atom stereocenters. The van der Waals surface area contributed by atoms with Crippen LogP contribution in [0.2, 0.25) is 5.02 Å². The van der Waals surface area contributed by atoms with Crippen LogP contribution in [0, 0.1) is 6.92 Å². The molecule has 0 aromatic heterocycles. The second kappa shape index (κ2) is 9.61. The van der Waals surface area contributed by atoms with E-state index in [1.807, 2.05) is 6.92 Å². The number of nitrogens with one attached hydrogen (secondary N) is 2. The van der Waals surface area contributed by atoms with Crippen LogP contribution in [0.4, 0.5) is 11.4 Å². The number of benzene rings is 2. The van der Waals surface area contributed by atoms with E-state index in [1.165, 1.54) is 0 Å². The molecule has 29 heavy (non-hydrogen) atoms. The molecule has 1 heterocycles. The van der Waals surface area contributed by atoms with Crippen LogP contribution in [0.5, 0.6) is 0 Å². The Morgan fingerprint density at radius 2 is 1.69 bits per heavy atom. The van der Waals surface area contributed by atoms with E-state index in [2.05, 4.69) is 10.6 Å². The van der Waals surface area contributed by atoms with Gasteiger partial charge in [-0.2, -0.15) is 4.31 Å². The van der Waals surface area contributed by atoms with Gasteiger partial charge < -0.3 is 10.6 Å². The Morgan fingerprint density at radius 3 is 2.34 bits per heavy atom. The maximum atomic E-state index is 12.8. The number of hydrogen-bond acceptors (Lipinski definition) is 4. The number of anilines is 2.